The molecule has 2 aromatic rings. The molecule has 2 aliphatic heterocycles. The monoisotopic (exact) mass is 482 g/mol. The molecule has 0 radical (unpaired) electrons. The minimum Gasteiger partial charge on any atom is -0.490 e. The van der Waals surface area contributed by atoms with Gasteiger partial charge >= 0.3 is 11.9 Å². The summed E-state index contributed by atoms with van der Waals surface area (Å²) >= 11 is 0. The first-order chi connectivity index (χ1) is 17.0. The Morgan fingerprint density at radius 1 is 1.09 bits per heavy atom. The number of anilines is 1. The van der Waals surface area contributed by atoms with Crippen LogP contribution in [0.25, 0.3) is 0 Å². The average molecular weight is 483 g/mol. The number of methoxy groups -OCH3 is 1. The predicted octanol–water partition coefficient (Wildman–Crippen LogP) is 2.72. The van der Waals surface area contributed by atoms with Gasteiger partial charge in [-0.15, -0.1) is 0 Å². The number of aryl methyl sites for hydroxylation is 1. The highest BCUT2D eigenvalue weighted by molar-refractivity contribution is 5.89. The number of hydrogen-bond acceptors (Lipinski definition) is 6. The van der Waals surface area contributed by atoms with Gasteiger partial charge in [-0.1, -0.05) is 30.3 Å². The minimum atomic E-state index is -1.26. The van der Waals surface area contributed by atoms with E-state index < -0.39 is 11.9 Å². The van der Waals surface area contributed by atoms with Gasteiger partial charge in [0.25, 0.3) is 0 Å². The molecule has 0 saturated heterocycles. The summed E-state index contributed by atoms with van der Waals surface area (Å²) < 4.78 is 11.5. The van der Waals surface area contributed by atoms with Gasteiger partial charge < -0.3 is 29.9 Å². The van der Waals surface area contributed by atoms with Crippen molar-refractivity contribution in [3.8, 4) is 5.75 Å². The Bertz CT molecular complexity index is 1010. The SMILES string of the molecule is COCCN1CCOc2cc3c(c(CCc4ccccc4)c21)CCNCC3.O=C(O)/C=C/C(=O)O. The number of nitrogens with one attached hydrogen (secondary N) is 1. The van der Waals surface area contributed by atoms with Crippen LogP contribution in [-0.4, -0.2) is 68.7 Å². The molecular weight excluding hydrogens is 448 g/mol. The molecule has 2 heterocycles. The van der Waals surface area contributed by atoms with E-state index in [4.69, 9.17) is 19.7 Å². The Kier molecular flexibility index (Phi) is 10.1. The van der Waals surface area contributed by atoms with Gasteiger partial charge in [-0.2, -0.15) is 0 Å². The molecule has 0 unspecified atom stereocenters. The van der Waals surface area contributed by atoms with Gasteiger partial charge in [-0.25, -0.2) is 9.59 Å². The van der Waals surface area contributed by atoms with Crippen LogP contribution < -0.4 is 15.0 Å². The van der Waals surface area contributed by atoms with Gasteiger partial charge in [0.05, 0.1) is 18.8 Å². The number of benzene rings is 2. The van der Waals surface area contributed by atoms with E-state index in [9.17, 15) is 9.59 Å². The lowest BCUT2D eigenvalue weighted by Crippen LogP contribution is -2.36. The Labute approximate surface area is 206 Å². The molecule has 8 heteroatoms. The topological polar surface area (TPSA) is 108 Å². The van der Waals surface area contributed by atoms with Gasteiger partial charge in [0.2, 0.25) is 0 Å². The van der Waals surface area contributed by atoms with Crippen molar-refractivity contribution in [3.05, 3.63) is 70.8 Å². The zero-order chi connectivity index (χ0) is 25.0. The second kappa shape index (κ2) is 13.5. The fourth-order valence-electron chi connectivity index (χ4n) is 4.48. The fraction of sp³-hybridized carbons (Fsp3) is 0.407. The number of carboxylic acids is 2. The molecule has 0 aliphatic carbocycles. The van der Waals surface area contributed by atoms with Crippen LogP contribution in [0.3, 0.4) is 0 Å². The van der Waals surface area contributed by atoms with Crippen LogP contribution in [-0.2, 0) is 40.0 Å². The minimum absolute atomic E-state index is 0.558. The van der Waals surface area contributed by atoms with E-state index in [0.29, 0.717) is 12.2 Å². The molecule has 2 aliphatic rings. The maximum atomic E-state index is 9.55. The van der Waals surface area contributed by atoms with Crippen molar-refractivity contribution in [2.75, 3.05) is 51.4 Å². The average Bonchev–Trinajstić information content (AvgIpc) is 3.10. The molecule has 0 fully saturated rings. The molecule has 0 bridgehead atoms. The third-order valence-electron chi connectivity index (χ3n) is 6.07. The van der Waals surface area contributed by atoms with Crippen molar-refractivity contribution in [3.63, 3.8) is 0 Å². The Hall–Kier alpha value is -3.36. The predicted molar refractivity (Wildman–Crippen MR) is 135 cm³/mol. The molecule has 188 valence electrons. The molecule has 35 heavy (non-hydrogen) atoms. The highest BCUT2D eigenvalue weighted by atomic mass is 16.5. The van der Waals surface area contributed by atoms with Gasteiger partial charge in [-0.05, 0) is 67.1 Å². The van der Waals surface area contributed by atoms with Crippen molar-refractivity contribution in [1.29, 1.82) is 0 Å². The molecule has 0 aromatic heterocycles. The van der Waals surface area contributed by atoms with E-state index in [1.54, 1.807) is 12.7 Å². The molecule has 3 N–H and O–H groups in total. The van der Waals surface area contributed by atoms with Crippen molar-refractivity contribution in [2.24, 2.45) is 0 Å². The Morgan fingerprint density at radius 2 is 1.80 bits per heavy atom. The van der Waals surface area contributed by atoms with Crippen LogP contribution in [0.4, 0.5) is 5.69 Å². The summed E-state index contributed by atoms with van der Waals surface area (Å²) in [4.78, 5) is 21.6. The number of nitrogens with zero attached hydrogens (tertiary/aromatic N) is 1. The summed E-state index contributed by atoms with van der Waals surface area (Å²) in [5, 5.41) is 19.2. The summed E-state index contributed by atoms with van der Waals surface area (Å²) in [7, 11) is 1.78. The number of fused-ring (bicyclic) bond motifs is 2. The first-order valence-electron chi connectivity index (χ1n) is 11.9. The van der Waals surface area contributed by atoms with Crippen LogP contribution in [0.1, 0.15) is 22.3 Å². The Morgan fingerprint density at radius 3 is 2.49 bits per heavy atom. The van der Waals surface area contributed by atoms with E-state index >= 15 is 0 Å². The zero-order valence-corrected chi connectivity index (χ0v) is 20.2. The van der Waals surface area contributed by atoms with Crippen LogP contribution in [0.2, 0.25) is 0 Å². The van der Waals surface area contributed by atoms with Gasteiger partial charge in [-0.3, -0.25) is 0 Å². The maximum absolute atomic E-state index is 9.55. The number of rotatable bonds is 8. The van der Waals surface area contributed by atoms with E-state index in [1.165, 1.54) is 22.4 Å². The lowest BCUT2D eigenvalue weighted by molar-refractivity contribution is -0.134. The van der Waals surface area contributed by atoms with E-state index in [2.05, 4.69) is 46.6 Å². The molecular formula is C27H34N2O6. The highest BCUT2D eigenvalue weighted by Gasteiger charge is 2.26. The lowest BCUT2D eigenvalue weighted by atomic mass is 9.90. The molecule has 0 saturated carbocycles. The number of carbonyl (C=O) groups is 2. The second-order valence-electron chi connectivity index (χ2n) is 8.41. The summed E-state index contributed by atoms with van der Waals surface area (Å²) in [6.45, 7) is 5.47. The summed E-state index contributed by atoms with van der Waals surface area (Å²) in [6.07, 6.45) is 5.43. The van der Waals surface area contributed by atoms with Crippen LogP contribution in [0.15, 0.2) is 48.6 Å². The standard InChI is InChI=1S/C23H30N2O2.C4H4O4/c1-26-15-13-25-14-16-27-22-17-19-9-11-24-12-10-20(19)21(23(22)25)8-7-18-5-3-2-4-6-18;5-3(6)1-2-4(7)8/h2-6,17,24H,7-16H2,1H3;1-2H,(H,5,6)(H,7,8)/b;2-1+. The first-order valence-corrected chi connectivity index (χ1v) is 11.9. The summed E-state index contributed by atoms with van der Waals surface area (Å²) in [5.74, 6) is -1.44. The molecule has 8 nitrogen and oxygen atoms in total. The summed E-state index contributed by atoms with van der Waals surface area (Å²) in [5.41, 5.74) is 7.22. The Balaban J connectivity index is 0.000000371. The quantitative estimate of drug-likeness (QED) is 0.493. The largest absolute Gasteiger partial charge is 0.490 e. The van der Waals surface area contributed by atoms with E-state index in [1.807, 2.05) is 0 Å². The normalized spacial score (nSPS) is 14.7. The number of aliphatic carboxylic acids is 2. The van der Waals surface area contributed by atoms with Gasteiger partial charge in [0.15, 0.2) is 0 Å². The molecule has 4 rings (SSSR count). The van der Waals surface area contributed by atoms with Gasteiger partial charge in [0.1, 0.15) is 12.4 Å². The number of ether oxygens (including phenoxy) is 2. The van der Waals surface area contributed by atoms with Crippen LogP contribution in [0.5, 0.6) is 5.75 Å². The first kappa shape index (κ1) is 26.2. The van der Waals surface area contributed by atoms with Gasteiger partial charge in [0, 0.05) is 25.8 Å². The van der Waals surface area contributed by atoms with E-state index in [0.717, 1.165) is 70.8 Å². The molecule has 0 spiro atoms. The van der Waals surface area contributed by atoms with E-state index in [-0.39, 0.29) is 0 Å². The van der Waals surface area contributed by atoms with Crippen molar-refractivity contribution >= 4 is 17.6 Å². The third-order valence-corrected chi connectivity index (χ3v) is 6.07. The number of carboxylic acid groups (broad SMARTS) is 2. The fourth-order valence-corrected chi connectivity index (χ4v) is 4.48. The van der Waals surface area contributed by atoms with Crippen LogP contribution >= 0.6 is 0 Å². The molecule has 0 amide bonds. The van der Waals surface area contributed by atoms with Crippen LogP contribution in [0, 0.1) is 0 Å². The maximum Gasteiger partial charge on any atom is 0.328 e. The summed E-state index contributed by atoms with van der Waals surface area (Å²) in [6, 6.07) is 13.1. The number of hydrogen-bond donors (Lipinski definition) is 3. The zero-order valence-electron chi connectivity index (χ0n) is 20.2. The van der Waals surface area contributed by atoms with Crippen molar-refractivity contribution < 1.29 is 29.3 Å². The highest BCUT2D eigenvalue weighted by Crippen LogP contribution is 2.40. The smallest absolute Gasteiger partial charge is 0.328 e. The third kappa shape index (κ3) is 7.83. The molecule has 0 atom stereocenters. The second-order valence-corrected chi connectivity index (χ2v) is 8.41. The molecule has 2 aromatic carbocycles. The van der Waals surface area contributed by atoms with Crippen molar-refractivity contribution in [1.82, 2.24) is 5.32 Å². The lowest BCUT2D eigenvalue weighted by Gasteiger charge is -2.35. The van der Waals surface area contributed by atoms with Crippen molar-refractivity contribution in [2.45, 2.75) is 25.7 Å².